The highest BCUT2D eigenvalue weighted by molar-refractivity contribution is 5.79. The van der Waals surface area contributed by atoms with Gasteiger partial charge in [-0.15, -0.1) is 0 Å². The van der Waals surface area contributed by atoms with Crippen molar-refractivity contribution in [3.8, 4) is 0 Å². The molecule has 0 bridgehead atoms. The molecule has 98 valence electrons. The zero-order valence-electron chi connectivity index (χ0n) is 11.0. The molecule has 2 heterocycles. The Morgan fingerprint density at radius 3 is 2.89 bits per heavy atom. The van der Waals surface area contributed by atoms with Crippen LogP contribution in [0.15, 0.2) is 24.5 Å². The highest BCUT2D eigenvalue weighted by Gasteiger charge is 2.25. The number of rotatable bonds is 3. The normalized spacial score (nSPS) is 25.4. The Morgan fingerprint density at radius 2 is 2.22 bits per heavy atom. The lowest BCUT2D eigenvalue weighted by Crippen LogP contribution is -2.42. The Labute approximate surface area is 108 Å². The maximum absolute atomic E-state index is 12.2. The van der Waals surface area contributed by atoms with E-state index in [0.717, 1.165) is 24.9 Å². The molecule has 18 heavy (non-hydrogen) atoms. The third-order valence-electron chi connectivity index (χ3n) is 3.56. The molecule has 3 unspecified atom stereocenters. The van der Waals surface area contributed by atoms with Crippen molar-refractivity contribution in [3.05, 3.63) is 30.1 Å². The van der Waals surface area contributed by atoms with Crippen molar-refractivity contribution in [1.82, 2.24) is 15.6 Å². The highest BCUT2D eigenvalue weighted by atomic mass is 16.1. The summed E-state index contributed by atoms with van der Waals surface area (Å²) in [6.45, 7) is 5.08. The van der Waals surface area contributed by atoms with Crippen LogP contribution in [0.1, 0.15) is 38.3 Å². The predicted molar refractivity (Wildman–Crippen MR) is 71.0 cm³/mol. The van der Waals surface area contributed by atoms with Gasteiger partial charge in [-0.2, -0.15) is 0 Å². The summed E-state index contributed by atoms with van der Waals surface area (Å²) in [5.74, 6) is 0.318. The number of piperidine rings is 1. The molecule has 0 aromatic carbocycles. The first-order valence-electron chi connectivity index (χ1n) is 6.60. The van der Waals surface area contributed by atoms with Gasteiger partial charge in [-0.25, -0.2) is 0 Å². The molecule has 2 rings (SSSR count). The smallest absolute Gasteiger partial charge is 0.223 e. The van der Waals surface area contributed by atoms with E-state index in [2.05, 4.69) is 22.5 Å². The molecule has 1 saturated heterocycles. The molecule has 1 fully saturated rings. The van der Waals surface area contributed by atoms with Crippen LogP contribution in [0, 0.1) is 5.92 Å². The minimum absolute atomic E-state index is 0.0469. The second-order valence-electron chi connectivity index (χ2n) is 5.09. The second kappa shape index (κ2) is 5.96. The van der Waals surface area contributed by atoms with E-state index in [-0.39, 0.29) is 17.9 Å². The zero-order chi connectivity index (χ0) is 13.0. The Bertz CT molecular complexity index is 393. The maximum Gasteiger partial charge on any atom is 0.223 e. The monoisotopic (exact) mass is 247 g/mol. The first kappa shape index (κ1) is 13.0. The molecule has 1 aliphatic heterocycles. The molecule has 2 N–H and O–H groups in total. The van der Waals surface area contributed by atoms with Crippen molar-refractivity contribution in [2.75, 3.05) is 6.54 Å². The standard InChI is InChI=1S/C14H21N3O/c1-10-9-13(5-8-16-10)14(18)17-11(2)12-3-6-15-7-4-12/h3-4,6-7,10-11,13,16H,5,8-9H2,1-2H3,(H,17,18). The average Bonchev–Trinajstić information content (AvgIpc) is 2.39. The van der Waals surface area contributed by atoms with Gasteiger partial charge < -0.3 is 10.6 Å². The van der Waals surface area contributed by atoms with E-state index in [9.17, 15) is 4.79 Å². The topological polar surface area (TPSA) is 54.0 Å². The number of amides is 1. The molecule has 1 amide bonds. The van der Waals surface area contributed by atoms with Crippen LogP contribution < -0.4 is 10.6 Å². The van der Waals surface area contributed by atoms with E-state index >= 15 is 0 Å². The molecular formula is C14H21N3O. The van der Waals surface area contributed by atoms with E-state index in [1.807, 2.05) is 19.1 Å². The number of aromatic nitrogens is 1. The third-order valence-corrected chi connectivity index (χ3v) is 3.56. The number of pyridine rings is 1. The number of nitrogens with one attached hydrogen (secondary N) is 2. The van der Waals surface area contributed by atoms with Crippen molar-refractivity contribution >= 4 is 5.91 Å². The first-order chi connectivity index (χ1) is 8.66. The summed E-state index contributed by atoms with van der Waals surface area (Å²) in [6.07, 6.45) is 5.36. The molecule has 1 aromatic rings. The molecule has 0 aliphatic carbocycles. The summed E-state index contributed by atoms with van der Waals surface area (Å²) >= 11 is 0. The van der Waals surface area contributed by atoms with Gasteiger partial charge >= 0.3 is 0 Å². The predicted octanol–water partition coefficient (Wildman–Crippen LogP) is 1.65. The fraction of sp³-hybridized carbons (Fsp3) is 0.571. The van der Waals surface area contributed by atoms with E-state index in [0.29, 0.717) is 6.04 Å². The van der Waals surface area contributed by atoms with Crippen molar-refractivity contribution in [3.63, 3.8) is 0 Å². The van der Waals surface area contributed by atoms with Gasteiger partial charge in [0, 0.05) is 24.4 Å². The quantitative estimate of drug-likeness (QED) is 0.854. The zero-order valence-corrected chi connectivity index (χ0v) is 11.0. The van der Waals surface area contributed by atoms with Crippen LogP contribution in [-0.4, -0.2) is 23.5 Å². The van der Waals surface area contributed by atoms with Gasteiger partial charge in [0.05, 0.1) is 6.04 Å². The van der Waals surface area contributed by atoms with Crippen LogP contribution >= 0.6 is 0 Å². The van der Waals surface area contributed by atoms with Crippen molar-refractivity contribution in [2.24, 2.45) is 5.92 Å². The van der Waals surface area contributed by atoms with Crippen LogP contribution in [0.3, 0.4) is 0 Å². The van der Waals surface area contributed by atoms with Crippen LogP contribution in [0.4, 0.5) is 0 Å². The van der Waals surface area contributed by atoms with Gasteiger partial charge in [-0.05, 0) is 50.9 Å². The lowest BCUT2D eigenvalue weighted by molar-refractivity contribution is -0.126. The number of carbonyl (C=O) groups is 1. The van der Waals surface area contributed by atoms with Crippen molar-refractivity contribution in [2.45, 2.75) is 38.8 Å². The minimum Gasteiger partial charge on any atom is -0.349 e. The van der Waals surface area contributed by atoms with Crippen molar-refractivity contribution in [1.29, 1.82) is 0 Å². The molecule has 0 radical (unpaired) electrons. The minimum atomic E-state index is 0.0469. The maximum atomic E-state index is 12.2. The third kappa shape index (κ3) is 3.29. The molecule has 1 aromatic heterocycles. The van der Waals surface area contributed by atoms with Gasteiger partial charge in [0.15, 0.2) is 0 Å². The highest BCUT2D eigenvalue weighted by Crippen LogP contribution is 2.18. The van der Waals surface area contributed by atoms with E-state index < -0.39 is 0 Å². The van der Waals surface area contributed by atoms with Gasteiger partial charge in [-0.3, -0.25) is 9.78 Å². The Morgan fingerprint density at radius 1 is 1.50 bits per heavy atom. The second-order valence-corrected chi connectivity index (χ2v) is 5.09. The summed E-state index contributed by atoms with van der Waals surface area (Å²) in [7, 11) is 0. The number of hydrogen-bond acceptors (Lipinski definition) is 3. The fourth-order valence-corrected chi connectivity index (χ4v) is 2.44. The SMILES string of the molecule is CC1CC(C(=O)NC(C)c2ccncc2)CCN1. The number of hydrogen-bond donors (Lipinski definition) is 2. The van der Waals surface area contributed by atoms with Gasteiger partial charge in [0.1, 0.15) is 0 Å². The summed E-state index contributed by atoms with van der Waals surface area (Å²) in [4.78, 5) is 16.2. The van der Waals surface area contributed by atoms with E-state index in [1.54, 1.807) is 12.4 Å². The van der Waals surface area contributed by atoms with Gasteiger partial charge in [0.25, 0.3) is 0 Å². The number of carbonyl (C=O) groups excluding carboxylic acids is 1. The summed E-state index contributed by atoms with van der Waals surface area (Å²) in [5, 5.41) is 6.46. The largest absolute Gasteiger partial charge is 0.349 e. The van der Waals surface area contributed by atoms with Crippen LogP contribution in [0.25, 0.3) is 0 Å². The summed E-state index contributed by atoms with van der Waals surface area (Å²) in [6, 6.07) is 4.36. The molecule has 4 heteroatoms. The lowest BCUT2D eigenvalue weighted by atomic mass is 9.92. The Hall–Kier alpha value is -1.42. The Balaban J connectivity index is 1.91. The van der Waals surface area contributed by atoms with Crippen LogP contribution in [-0.2, 0) is 4.79 Å². The molecule has 1 aliphatic rings. The Kier molecular flexibility index (Phi) is 4.31. The molecule has 3 atom stereocenters. The number of nitrogens with zero attached hydrogens (tertiary/aromatic N) is 1. The first-order valence-corrected chi connectivity index (χ1v) is 6.60. The van der Waals surface area contributed by atoms with Crippen LogP contribution in [0.2, 0.25) is 0 Å². The van der Waals surface area contributed by atoms with Crippen molar-refractivity contribution < 1.29 is 4.79 Å². The molecule has 0 saturated carbocycles. The average molecular weight is 247 g/mol. The van der Waals surface area contributed by atoms with E-state index in [4.69, 9.17) is 0 Å². The molecule has 0 spiro atoms. The van der Waals surface area contributed by atoms with Gasteiger partial charge in [-0.1, -0.05) is 0 Å². The summed E-state index contributed by atoms with van der Waals surface area (Å²) in [5.41, 5.74) is 1.10. The van der Waals surface area contributed by atoms with E-state index in [1.165, 1.54) is 0 Å². The van der Waals surface area contributed by atoms with Gasteiger partial charge in [0.2, 0.25) is 5.91 Å². The fourth-order valence-electron chi connectivity index (χ4n) is 2.44. The molecule has 4 nitrogen and oxygen atoms in total. The summed E-state index contributed by atoms with van der Waals surface area (Å²) < 4.78 is 0. The van der Waals surface area contributed by atoms with Crippen LogP contribution in [0.5, 0.6) is 0 Å². The lowest BCUT2D eigenvalue weighted by Gasteiger charge is -2.28. The molecular weight excluding hydrogens is 226 g/mol.